The molecule has 0 radical (unpaired) electrons. The quantitative estimate of drug-likeness (QED) is 0.746. The Hall–Kier alpha value is -0.0800. The molecule has 108 valence electrons. The van der Waals surface area contributed by atoms with Crippen LogP contribution in [-0.2, 0) is 0 Å². The van der Waals surface area contributed by atoms with Crippen molar-refractivity contribution < 1.29 is 0 Å². The predicted octanol–water partition coefficient (Wildman–Crippen LogP) is 3.66. The Morgan fingerprint density at radius 1 is 1.22 bits per heavy atom. The van der Waals surface area contributed by atoms with Crippen molar-refractivity contribution in [2.75, 3.05) is 13.6 Å². The molecule has 0 aromatic carbocycles. The van der Waals surface area contributed by atoms with Crippen molar-refractivity contribution in [2.45, 2.75) is 84.3 Å². The maximum atomic E-state index is 3.71. The largest absolute Gasteiger partial charge is 0.312 e. The molecule has 0 aliphatic heterocycles. The van der Waals surface area contributed by atoms with Gasteiger partial charge in [0.05, 0.1) is 0 Å². The van der Waals surface area contributed by atoms with Crippen LogP contribution < -0.4 is 5.32 Å². The molecule has 0 spiro atoms. The molecule has 2 nitrogen and oxygen atoms in total. The first-order valence-electron chi connectivity index (χ1n) is 8.07. The van der Waals surface area contributed by atoms with Crippen LogP contribution in [0.25, 0.3) is 0 Å². The van der Waals surface area contributed by atoms with E-state index in [1.54, 1.807) is 0 Å². The zero-order valence-electron chi connectivity index (χ0n) is 13.2. The van der Waals surface area contributed by atoms with Gasteiger partial charge in [0.2, 0.25) is 0 Å². The minimum Gasteiger partial charge on any atom is -0.312 e. The van der Waals surface area contributed by atoms with Crippen molar-refractivity contribution >= 4 is 0 Å². The standard InChI is InChI=1S/C16H34N2/c1-6-12-17-15(7-2)14(4)18(5)16-11-9-8-10-13(16)3/h13-17H,6-12H2,1-5H3. The van der Waals surface area contributed by atoms with Gasteiger partial charge in [-0.15, -0.1) is 0 Å². The summed E-state index contributed by atoms with van der Waals surface area (Å²) in [6.45, 7) is 10.5. The summed E-state index contributed by atoms with van der Waals surface area (Å²) in [4.78, 5) is 2.65. The van der Waals surface area contributed by atoms with Crippen LogP contribution in [0.4, 0.5) is 0 Å². The summed E-state index contributed by atoms with van der Waals surface area (Å²) in [6, 6.07) is 2.09. The summed E-state index contributed by atoms with van der Waals surface area (Å²) in [5, 5.41) is 3.71. The van der Waals surface area contributed by atoms with Gasteiger partial charge >= 0.3 is 0 Å². The zero-order chi connectivity index (χ0) is 13.5. The summed E-state index contributed by atoms with van der Waals surface area (Å²) in [5.41, 5.74) is 0. The number of hydrogen-bond acceptors (Lipinski definition) is 2. The van der Waals surface area contributed by atoms with Crippen molar-refractivity contribution in [3.8, 4) is 0 Å². The summed E-state index contributed by atoms with van der Waals surface area (Å²) in [5.74, 6) is 0.870. The van der Waals surface area contributed by atoms with Gasteiger partial charge in [0.25, 0.3) is 0 Å². The fraction of sp³-hybridized carbons (Fsp3) is 1.00. The molecule has 0 amide bonds. The van der Waals surface area contributed by atoms with Crippen molar-refractivity contribution in [3.05, 3.63) is 0 Å². The van der Waals surface area contributed by atoms with Gasteiger partial charge in [-0.05, 0) is 52.1 Å². The van der Waals surface area contributed by atoms with E-state index in [1.807, 2.05) is 0 Å². The molecule has 0 saturated heterocycles. The molecule has 0 heterocycles. The Morgan fingerprint density at radius 2 is 1.89 bits per heavy atom. The van der Waals surface area contributed by atoms with E-state index >= 15 is 0 Å². The average Bonchev–Trinajstić information content (AvgIpc) is 2.39. The third-order valence-electron chi connectivity index (χ3n) is 4.91. The fourth-order valence-electron chi connectivity index (χ4n) is 3.47. The highest BCUT2D eigenvalue weighted by atomic mass is 15.2. The third-order valence-corrected chi connectivity index (χ3v) is 4.91. The smallest absolute Gasteiger partial charge is 0.0220 e. The maximum Gasteiger partial charge on any atom is 0.0220 e. The van der Waals surface area contributed by atoms with E-state index in [2.05, 4.69) is 45.0 Å². The normalized spacial score (nSPS) is 28.3. The molecule has 18 heavy (non-hydrogen) atoms. The van der Waals surface area contributed by atoms with E-state index in [9.17, 15) is 0 Å². The van der Waals surface area contributed by atoms with Crippen LogP contribution in [0.5, 0.6) is 0 Å². The molecule has 1 rings (SSSR count). The Bertz CT molecular complexity index is 217. The van der Waals surface area contributed by atoms with Gasteiger partial charge in [-0.1, -0.05) is 33.6 Å². The lowest BCUT2D eigenvalue weighted by molar-refractivity contribution is 0.0838. The van der Waals surface area contributed by atoms with Gasteiger partial charge in [-0.25, -0.2) is 0 Å². The SMILES string of the molecule is CCCNC(CC)C(C)N(C)C1CCCCC1C. The van der Waals surface area contributed by atoms with Gasteiger partial charge in [0.15, 0.2) is 0 Å². The van der Waals surface area contributed by atoms with E-state index in [1.165, 1.54) is 38.5 Å². The van der Waals surface area contributed by atoms with Gasteiger partial charge in [-0.2, -0.15) is 0 Å². The molecule has 0 aromatic heterocycles. The maximum absolute atomic E-state index is 3.71. The molecule has 1 aliphatic rings. The second-order valence-electron chi connectivity index (χ2n) is 6.20. The Balaban J connectivity index is 2.53. The Morgan fingerprint density at radius 3 is 2.44 bits per heavy atom. The molecule has 1 fully saturated rings. The van der Waals surface area contributed by atoms with Gasteiger partial charge in [0.1, 0.15) is 0 Å². The summed E-state index contributed by atoms with van der Waals surface area (Å²) >= 11 is 0. The van der Waals surface area contributed by atoms with E-state index in [0.29, 0.717) is 12.1 Å². The van der Waals surface area contributed by atoms with Crippen LogP contribution in [0.3, 0.4) is 0 Å². The van der Waals surface area contributed by atoms with Gasteiger partial charge in [-0.3, -0.25) is 4.90 Å². The second-order valence-corrected chi connectivity index (χ2v) is 6.20. The fourth-order valence-corrected chi connectivity index (χ4v) is 3.47. The van der Waals surface area contributed by atoms with Gasteiger partial charge < -0.3 is 5.32 Å². The number of nitrogens with zero attached hydrogens (tertiary/aromatic N) is 1. The minimum absolute atomic E-state index is 0.643. The first-order valence-corrected chi connectivity index (χ1v) is 8.07. The number of hydrogen-bond donors (Lipinski definition) is 1. The molecular formula is C16H34N2. The molecule has 0 bridgehead atoms. The highest BCUT2D eigenvalue weighted by molar-refractivity contribution is 4.86. The zero-order valence-corrected chi connectivity index (χ0v) is 13.2. The first-order chi connectivity index (χ1) is 8.61. The highest BCUT2D eigenvalue weighted by Crippen LogP contribution is 2.29. The van der Waals surface area contributed by atoms with E-state index in [-0.39, 0.29) is 0 Å². The molecule has 1 N–H and O–H groups in total. The molecule has 4 atom stereocenters. The number of rotatable bonds is 7. The molecule has 2 heteroatoms. The van der Waals surface area contributed by atoms with Crippen LogP contribution in [0, 0.1) is 5.92 Å². The molecule has 0 aromatic rings. The number of likely N-dealkylation sites (N-methyl/N-ethyl adjacent to an activating group) is 1. The molecule has 1 saturated carbocycles. The summed E-state index contributed by atoms with van der Waals surface area (Å²) in [7, 11) is 2.34. The lowest BCUT2D eigenvalue weighted by atomic mass is 9.84. The lowest BCUT2D eigenvalue weighted by Crippen LogP contribution is -2.52. The third kappa shape index (κ3) is 4.24. The Labute approximate surface area is 115 Å². The average molecular weight is 254 g/mol. The van der Waals surface area contributed by atoms with E-state index < -0.39 is 0 Å². The summed E-state index contributed by atoms with van der Waals surface area (Å²) < 4.78 is 0. The van der Waals surface area contributed by atoms with E-state index in [4.69, 9.17) is 0 Å². The van der Waals surface area contributed by atoms with Crippen molar-refractivity contribution in [1.29, 1.82) is 0 Å². The predicted molar refractivity (Wildman–Crippen MR) is 81.0 cm³/mol. The van der Waals surface area contributed by atoms with Crippen LogP contribution in [0.15, 0.2) is 0 Å². The first kappa shape index (κ1) is 16.0. The van der Waals surface area contributed by atoms with Crippen molar-refractivity contribution in [3.63, 3.8) is 0 Å². The monoisotopic (exact) mass is 254 g/mol. The number of nitrogens with one attached hydrogen (secondary N) is 1. The van der Waals surface area contributed by atoms with Crippen LogP contribution in [0.1, 0.15) is 66.2 Å². The van der Waals surface area contributed by atoms with Gasteiger partial charge in [0, 0.05) is 18.1 Å². The van der Waals surface area contributed by atoms with Crippen molar-refractivity contribution in [2.24, 2.45) is 5.92 Å². The highest BCUT2D eigenvalue weighted by Gasteiger charge is 2.30. The van der Waals surface area contributed by atoms with E-state index in [0.717, 1.165) is 18.5 Å². The second kappa shape index (κ2) is 8.16. The van der Waals surface area contributed by atoms with Crippen LogP contribution in [-0.4, -0.2) is 36.6 Å². The topological polar surface area (TPSA) is 15.3 Å². The molecule has 1 aliphatic carbocycles. The van der Waals surface area contributed by atoms with Crippen LogP contribution in [0.2, 0.25) is 0 Å². The summed E-state index contributed by atoms with van der Waals surface area (Å²) in [6.07, 6.45) is 8.13. The molecule has 4 unspecified atom stereocenters. The minimum atomic E-state index is 0.643. The lowest BCUT2D eigenvalue weighted by Gasteiger charge is -2.42. The molecular weight excluding hydrogens is 220 g/mol. The van der Waals surface area contributed by atoms with Crippen molar-refractivity contribution in [1.82, 2.24) is 10.2 Å². The van der Waals surface area contributed by atoms with Crippen LogP contribution >= 0.6 is 0 Å². The Kier molecular flexibility index (Phi) is 7.25.